The van der Waals surface area contributed by atoms with Crippen molar-refractivity contribution in [1.82, 2.24) is 0 Å². The molecule has 0 aromatic heterocycles. The summed E-state index contributed by atoms with van der Waals surface area (Å²) in [6.45, 7) is 3.97. The minimum atomic E-state index is -0.791. The van der Waals surface area contributed by atoms with Gasteiger partial charge in [0.1, 0.15) is 0 Å². The number of unbranched alkanes of at least 4 members (excludes halogenated alkanes) is 1. The van der Waals surface area contributed by atoms with Crippen molar-refractivity contribution in [3.8, 4) is 0 Å². The van der Waals surface area contributed by atoms with Crippen LogP contribution in [0.5, 0.6) is 0 Å². The molecule has 0 atom stereocenters. The smallest absolute Gasteiger partial charge is 0.344 e. The van der Waals surface area contributed by atoms with E-state index in [-0.39, 0.29) is 6.61 Å². The largest absolute Gasteiger partial charge is 0.463 e. The average Bonchev–Trinajstić information content (AvgIpc) is 2.40. The van der Waals surface area contributed by atoms with Gasteiger partial charge in [-0.3, -0.25) is 0 Å². The van der Waals surface area contributed by atoms with Crippen LogP contribution in [0.15, 0.2) is 12.2 Å². The van der Waals surface area contributed by atoms with Crippen LogP contribution in [0.1, 0.15) is 33.1 Å². The fourth-order valence-corrected chi connectivity index (χ4v) is 0.937. The Bertz CT molecular complexity index is 321. The maximum absolute atomic E-state index is 11.1. The molecule has 0 unspecified atom stereocenters. The highest BCUT2D eigenvalue weighted by atomic mass is 16.6. The van der Waals surface area contributed by atoms with Gasteiger partial charge in [-0.2, -0.15) is 0 Å². The number of esters is 3. The van der Waals surface area contributed by atoms with E-state index in [0.717, 1.165) is 25.0 Å². The van der Waals surface area contributed by atoms with E-state index in [0.29, 0.717) is 13.0 Å². The molecule has 0 aromatic carbocycles. The molecule has 6 nitrogen and oxygen atoms in total. The predicted octanol–water partition coefficient (Wildman–Crippen LogP) is 1.38. The van der Waals surface area contributed by atoms with Crippen LogP contribution in [0.25, 0.3) is 0 Å². The van der Waals surface area contributed by atoms with Crippen molar-refractivity contribution < 1.29 is 28.6 Å². The second-order valence-electron chi connectivity index (χ2n) is 3.68. The summed E-state index contributed by atoms with van der Waals surface area (Å²) in [7, 11) is 0. The monoisotopic (exact) mass is 272 g/mol. The van der Waals surface area contributed by atoms with Gasteiger partial charge in [-0.1, -0.05) is 20.3 Å². The molecule has 0 spiro atoms. The first-order valence-corrected chi connectivity index (χ1v) is 6.27. The summed E-state index contributed by atoms with van der Waals surface area (Å²) in [5, 5.41) is 0. The topological polar surface area (TPSA) is 78.9 Å². The molecule has 0 aliphatic heterocycles. The van der Waals surface area contributed by atoms with E-state index in [1.807, 2.05) is 13.8 Å². The van der Waals surface area contributed by atoms with Crippen molar-refractivity contribution in [3.05, 3.63) is 12.2 Å². The number of carbonyl (C=O) groups excluding carboxylic acids is 3. The van der Waals surface area contributed by atoms with Crippen molar-refractivity contribution in [3.63, 3.8) is 0 Å². The fourth-order valence-electron chi connectivity index (χ4n) is 0.937. The molecule has 0 aliphatic carbocycles. The van der Waals surface area contributed by atoms with E-state index in [4.69, 9.17) is 9.47 Å². The molecule has 108 valence electrons. The zero-order valence-electron chi connectivity index (χ0n) is 11.3. The van der Waals surface area contributed by atoms with Crippen molar-refractivity contribution in [2.45, 2.75) is 33.1 Å². The van der Waals surface area contributed by atoms with Gasteiger partial charge in [0.15, 0.2) is 6.61 Å². The fraction of sp³-hybridized carbons (Fsp3) is 0.615. The molecule has 0 aromatic rings. The summed E-state index contributed by atoms with van der Waals surface area (Å²) in [6, 6.07) is 0. The lowest BCUT2D eigenvalue weighted by Crippen LogP contribution is -2.16. The van der Waals surface area contributed by atoms with Crippen LogP contribution in [-0.2, 0) is 28.6 Å². The molecule has 0 heterocycles. The normalized spacial score (nSPS) is 10.2. The summed E-state index contributed by atoms with van der Waals surface area (Å²) in [6.07, 6.45) is 4.27. The van der Waals surface area contributed by atoms with Gasteiger partial charge < -0.3 is 14.2 Å². The summed E-state index contributed by atoms with van der Waals surface area (Å²) in [5.74, 6) is -2.02. The SMILES string of the molecule is CCCCOC(=O)/C=C/C(=O)OCC(=O)OCCC. The van der Waals surface area contributed by atoms with E-state index < -0.39 is 24.5 Å². The van der Waals surface area contributed by atoms with Gasteiger partial charge in [0, 0.05) is 12.2 Å². The molecule has 0 saturated carbocycles. The lowest BCUT2D eigenvalue weighted by atomic mass is 10.4. The van der Waals surface area contributed by atoms with Crippen LogP contribution >= 0.6 is 0 Å². The lowest BCUT2D eigenvalue weighted by molar-refractivity contribution is -0.156. The zero-order chi connectivity index (χ0) is 14.5. The molecule has 0 fully saturated rings. The molecule has 6 heteroatoms. The summed E-state index contributed by atoms with van der Waals surface area (Å²) >= 11 is 0. The molecule has 0 amide bonds. The first-order chi connectivity index (χ1) is 9.10. The second kappa shape index (κ2) is 11.3. The van der Waals surface area contributed by atoms with Gasteiger partial charge in [0.05, 0.1) is 13.2 Å². The number of rotatable bonds is 9. The van der Waals surface area contributed by atoms with Crippen molar-refractivity contribution in [1.29, 1.82) is 0 Å². The van der Waals surface area contributed by atoms with Gasteiger partial charge in [0.2, 0.25) is 0 Å². The lowest BCUT2D eigenvalue weighted by Gasteiger charge is -2.02. The number of ether oxygens (including phenoxy) is 3. The van der Waals surface area contributed by atoms with E-state index in [1.165, 1.54) is 0 Å². The van der Waals surface area contributed by atoms with Crippen LogP contribution in [0.2, 0.25) is 0 Å². The summed E-state index contributed by atoms with van der Waals surface area (Å²) in [5.41, 5.74) is 0. The molecule has 0 aliphatic rings. The highest BCUT2D eigenvalue weighted by Crippen LogP contribution is 1.91. The van der Waals surface area contributed by atoms with Crippen LogP contribution in [0.4, 0.5) is 0 Å². The first-order valence-electron chi connectivity index (χ1n) is 6.27. The van der Waals surface area contributed by atoms with Gasteiger partial charge >= 0.3 is 17.9 Å². The third-order valence-electron chi connectivity index (χ3n) is 1.90. The molecular formula is C13H20O6. The summed E-state index contributed by atoms with van der Waals surface area (Å²) in [4.78, 5) is 33.2. The van der Waals surface area contributed by atoms with E-state index in [9.17, 15) is 14.4 Å². The van der Waals surface area contributed by atoms with Crippen molar-refractivity contribution in [2.75, 3.05) is 19.8 Å². The Hall–Kier alpha value is -1.85. The Morgan fingerprint density at radius 3 is 2.05 bits per heavy atom. The molecule has 0 rings (SSSR count). The standard InChI is InChI=1S/C13H20O6/c1-3-5-9-18-11(14)6-7-12(15)19-10-13(16)17-8-4-2/h6-7H,3-5,8-10H2,1-2H3/b7-6+. The Morgan fingerprint density at radius 2 is 1.47 bits per heavy atom. The number of hydrogen-bond donors (Lipinski definition) is 0. The van der Waals surface area contributed by atoms with Crippen molar-refractivity contribution in [2.24, 2.45) is 0 Å². The third-order valence-corrected chi connectivity index (χ3v) is 1.90. The molecule has 0 saturated heterocycles. The van der Waals surface area contributed by atoms with Gasteiger partial charge in [0.25, 0.3) is 0 Å². The van der Waals surface area contributed by atoms with Crippen LogP contribution in [0, 0.1) is 0 Å². The van der Waals surface area contributed by atoms with Gasteiger partial charge in [-0.05, 0) is 12.8 Å². The Labute approximate surface area is 112 Å². The molecule has 0 N–H and O–H groups in total. The highest BCUT2D eigenvalue weighted by Gasteiger charge is 2.06. The average molecular weight is 272 g/mol. The van der Waals surface area contributed by atoms with Crippen molar-refractivity contribution >= 4 is 17.9 Å². The Morgan fingerprint density at radius 1 is 0.842 bits per heavy atom. The Kier molecular flexibility index (Phi) is 10.2. The van der Waals surface area contributed by atoms with Gasteiger partial charge in [-0.25, -0.2) is 14.4 Å². The quantitative estimate of drug-likeness (QED) is 0.273. The number of hydrogen-bond acceptors (Lipinski definition) is 6. The highest BCUT2D eigenvalue weighted by molar-refractivity contribution is 5.92. The summed E-state index contributed by atoms with van der Waals surface area (Å²) < 4.78 is 14.1. The third kappa shape index (κ3) is 11.0. The minimum Gasteiger partial charge on any atom is -0.463 e. The maximum Gasteiger partial charge on any atom is 0.344 e. The predicted molar refractivity (Wildman–Crippen MR) is 67.2 cm³/mol. The van der Waals surface area contributed by atoms with Crippen LogP contribution < -0.4 is 0 Å². The molecule has 0 radical (unpaired) electrons. The number of carbonyl (C=O) groups is 3. The van der Waals surface area contributed by atoms with E-state index >= 15 is 0 Å². The second-order valence-corrected chi connectivity index (χ2v) is 3.68. The van der Waals surface area contributed by atoms with E-state index in [2.05, 4.69) is 4.74 Å². The molecular weight excluding hydrogens is 252 g/mol. The first kappa shape index (κ1) is 17.2. The zero-order valence-corrected chi connectivity index (χ0v) is 11.3. The van der Waals surface area contributed by atoms with Crippen LogP contribution in [0.3, 0.4) is 0 Å². The van der Waals surface area contributed by atoms with Crippen LogP contribution in [-0.4, -0.2) is 37.7 Å². The Balaban J connectivity index is 3.78. The van der Waals surface area contributed by atoms with Gasteiger partial charge in [-0.15, -0.1) is 0 Å². The maximum atomic E-state index is 11.1. The molecule has 0 bridgehead atoms. The molecule has 19 heavy (non-hydrogen) atoms. The van der Waals surface area contributed by atoms with E-state index in [1.54, 1.807) is 0 Å². The minimum absolute atomic E-state index is 0.288.